The molecule has 0 spiro atoms. The lowest BCUT2D eigenvalue weighted by atomic mass is 10.0. The quantitative estimate of drug-likeness (QED) is 0.0205. The van der Waals surface area contributed by atoms with Gasteiger partial charge in [-0.05, 0) is 89.5 Å². The molecule has 0 heterocycles. The number of amides is 1. The Hall–Kier alpha value is -2.03. The smallest absolute Gasteiger partial charge is 0.456 e. The third-order valence-corrected chi connectivity index (χ3v) is 15.0. The molecule has 3 unspecified atom stereocenters. The second-order valence-corrected chi connectivity index (χ2v) is 24.0. The van der Waals surface area contributed by atoms with Crippen molar-refractivity contribution in [2.24, 2.45) is 0 Å². The topological polar surface area (TPSA) is 111 Å². The highest BCUT2D eigenvalue weighted by atomic mass is 31.2. The Kier molecular flexibility index (Phi) is 52.8. The number of nitrogens with one attached hydrogen (secondary N) is 1. The third-order valence-electron chi connectivity index (χ3n) is 14.0. The highest BCUT2D eigenvalue weighted by Gasteiger charge is 2.30. The van der Waals surface area contributed by atoms with Crippen LogP contribution in [0.15, 0.2) is 48.6 Å². The van der Waals surface area contributed by atoms with E-state index in [1.165, 1.54) is 186 Å². The maximum absolute atomic E-state index is 13.5. The fraction of sp³-hybridized carbons (Fsp3) is 0.844. The Balaban J connectivity index is 5.24. The number of likely N-dealkylation sites (N-methyl/N-ethyl adjacent to an activating group) is 1. The molecule has 0 aromatic rings. The van der Waals surface area contributed by atoms with Crippen LogP contribution in [0.3, 0.4) is 0 Å². The van der Waals surface area contributed by atoms with Crippen LogP contribution >= 0.6 is 7.82 Å². The van der Waals surface area contributed by atoms with Crippen molar-refractivity contribution in [1.29, 1.82) is 0 Å². The van der Waals surface area contributed by atoms with Crippen LogP contribution in [0.5, 0.6) is 0 Å². The molecule has 0 radical (unpaired) electrons. The number of unbranched alkanes of at least 4 members (excludes halogenated alkanes) is 35. The summed E-state index contributed by atoms with van der Waals surface area (Å²) in [6.45, 7) is 7.00. The van der Waals surface area contributed by atoms with Crippen molar-refractivity contribution in [2.45, 2.75) is 309 Å². The van der Waals surface area contributed by atoms with Crippen molar-refractivity contribution >= 4 is 19.7 Å². The average Bonchev–Trinajstić information content (AvgIpc) is 3.36. The molecule has 2 N–H and O–H groups in total. The Morgan fingerprint density at radius 1 is 0.473 bits per heavy atom. The number of phosphoric ester groups is 1. The van der Waals surface area contributed by atoms with Gasteiger partial charge in [0.25, 0.3) is 0 Å². The first-order chi connectivity index (χ1) is 35.9. The molecule has 0 aliphatic carbocycles. The van der Waals surface area contributed by atoms with Gasteiger partial charge in [-0.25, -0.2) is 4.57 Å². The SMILES string of the molecule is CCCCC/C=C\C/C=C\CCCCCCCCCCCCCC(=O)OC(/C=C\CCCCCCCCCCCCC)C(COP(=O)(O)OCC[N+](C)(C)C)NC(=O)CCCCC/C=C\CCCCCCCCC. The fourth-order valence-corrected chi connectivity index (χ4v) is 9.82. The number of hydrogen-bond donors (Lipinski definition) is 2. The zero-order valence-corrected chi connectivity index (χ0v) is 50.5. The van der Waals surface area contributed by atoms with Gasteiger partial charge < -0.3 is 19.4 Å². The van der Waals surface area contributed by atoms with Crippen LogP contribution < -0.4 is 5.32 Å². The number of hydrogen-bond acceptors (Lipinski definition) is 6. The van der Waals surface area contributed by atoms with Crippen LogP contribution in [-0.2, 0) is 27.9 Å². The summed E-state index contributed by atoms with van der Waals surface area (Å²) in [5, 5.41) is 3.05. The van der Waals surface area contributed by atoms with Crippen LogP contribution in [0.4, 0.5) is 0 Å². The third kappa shape index (κ3) is 54.7. The van der Waals surface area contributed by atoms with Gasteiger partial charge in [-0.2, -0.15) is 0 Å². The lowest BCUT2D eigenvalue weighted by Gasteiger charge is -2.27. The first kappa shape index (κ1) is 72.0. The summed E-state index contributed by atoms with van der Waals surface area (Å²) in [5.74, 6) is -0.517. The Morgan fingerprint density at radius 2 is 0.824 bits per heavy atom. The maximum atomic E-state index is 13.5. The van der Waals surface area contributed by atoms with Crippen molar-refractivity contribution in [3.05, 3.63) is 48.6 Å². The second kappa shape index (κ2) is 54.3. The van der Waals surface area contributed by atoms with Crippen LogP contribution in [0.1, 0.15) is 297 Å². The number of rotatable bonds is 57. The van der Waals surface area contributed by atoms with Gasteiger partial charge in [0.05, 0.1) is 33.8 Å². The van der Waals surface area contributed by atoms with Crippen molar-refractivity contribution < 1.29 is 37.3 Å². The van der Waals surface area contributed by atoms with Crippen molar-refractivity contribution in [3.63, 3.8) is 0 Å². The zero-order valence-electron chi connectivity index (χ0n) is 49.6. The number of carbonyl (C=O) groups excluding carboxylic acids is 2. The van der Waals surface area contributed by atoms with E-state index in [0.717, 1.165) is 77.0 Å². The number of quaternary nitrogens is 1. The zero-order chi connectivity index (χ0) is 54.3. The van der Waals surface area contributed by atoms with Crippen LogP contribution in [0.2, 0.25) is 0 Å². The molecule has 0 saturated heterocycles. The monoisotopic (exact) mass is 1060 g/mol. The molecule has 74 heavy (non-hydrogen) atoms. The molecule has 0 aromatic heterocycles. The summed E-state index contributed by atoms with van der Waals surface area (Å²) in [6, 6.07) is -0.855. The predicted octanol–water partition coefficient (Wildman–Crippen LogP) is 19.3. The molecule has 3 atom stereocenters. The van der Waals surface area contributed by atoms with E-state index < -0.39 is 20.0 Å². The molecule has 0 bridgehead atoms. The van der Waals surface area contributed by atoms with E-state index >= 15 is 0 Å². The number of phosphoric acid groups is 1. The van der Waals surface area contributed by atoms with E-state index in [-0.39, 0.29) is 31.5 Å². The highest BCUT2D eigenvalue weighted by molar-refractivity contribution is 7.47. The van der Waals surface area contributed by atoms with Gasteiger partial charge in [0.1, 0.15) is 19.3 Å². The maximum Gasteiger partial charge on any atom is 0.472 e. The Bertz CT molecular complexity index is 1410. The molecule has 0 fully saturated rings. The van der Waals surface area contributed by atoms with E-state index in [1.54, 1.807) is 0 Å². The lowest BCUT2D eigenvalue weighted by Crippen LogP contribution is -2.47. The molecule has 9 nitrogen and oxygen atoms in total. The lowest BCUT2D eigenvalue weighted by molar-refractivity contribution is -0.870. The largest absolute Gasteiger partial charge is 0.472 e. The molecule has 0 aromatic carbocycles. The molecule has 0 saturated carbocycles. The van der Waals surface area contributed by atoms with E-state index in [9.17, 15) is 19.0 Å². The molecule has 0 aliphatic heterocycles. The molecule has 0 aliphatic rings. The second-order valence-electron chi connectivity index (χ2n) is 22.6. The predicted molar refractivity (Wildman–Crippen MR) is 319 cm³/mol. The van der Waals surface area contributed by atoms with Gasteiger partial charge in [0.2, 0.25) is 5.91 Å². The van der Waals surface area contributed by atoms with Gasteiger partial charge in [0, 0.05) is 12.8 Å². The van der Waals surface area contributed by atoms with Gasteiger partial charge in [-0.3, -0.25) is 18.6 Å². The average molecular weight is 1060 g/mol. The number of ether oxygens (including phenoxy) is 1. The molecule has 434 valence electrons. The van der Waals surface area contributed by atoms with Gasteiger partial charge >= 0.3 is 13.8 Å². The van der Waals surface area contributed by atoms with Crippen LogP contribution in [0.25, 0.3) is 0 Å². The minimum Gasteiger partial charge on any atom is -0.456 e. The standard InChI is InChI=1S/C64H121N2O7P/c1-7-10-13-16-19-22-25-28-30-31-32-33-34-35-36-39-42-45-48-51-54-57-64(68)73-62(55-52-49-46-43-40-37-27-24-21-18-15-12-9-3)61(60-72-74(69,70)71-59-58-66(4,5)6)65-63(67)56-53-50-47-44-41-38-29-26-23-20-17-14-11-8-2/h19,22,28,30,38,41,52,55,61-62H,7-18,20-21,23-27,29,31-37,39-40,42-51,53-54,56-60H2,1-6H3,(H-,65,67,69,70)/p+1/b22-19-,30-28-,41-38-,55-52-. The molecule has 1 amide bonds. The van der Waals surface area contributed by atoms with Crippen LogP contribution in [-0.4, -0.2) is 74.3 Å². The minimum atomic E-state index is -4.45. The summed E-state index contributed by atoms with van der Waals surface area (Å²) in [5.41, 5.74) is 0. The van der Waals surface area contributed by atoms with Gasteiger partial charge in [0.15, 0.2) is 0 Å². The fourth-order valence-electron chi connectivity index (χ4n) is 9.08. The number of allylic oxidation sites excluding steroid dienone is 7. The molecular weight excluding hydrogens is 940 g/mol. The summed E-state index contributed by atoms with van der Waals surface area (Å²) >= 11 is 0. The Morgan fingerprint density at radius 3 is 1.27 bits per heavy atom. The van der Waals surface area contributed by atoms with Gasteiger partial charge in [-0.15, -0.1) is 0 Å². The summed E-state index contributed by atoms with van der Waals surface area (Å²) in [6.07, 6.45) is 66.8. The summed E-state index contributed by atoms with van der Waals surface area (Å²) in [4.78, 5) is 37.7. The van der Waals surface area contributed by atoms with Gasteiger partial charge in [-0.1, -0.05) is 243 Å². The molecular formula is C64H122N2O7P+. The molecule has 10 heteroatoms. The van der Waals surface area contributed by atoms with E-state index in [2.05, 4.69) is 62.5 Å². The first-order valence-corrected chi connectivity index (χ1v) is 33.0. The first-order valence-electron chi connectivity index (χ1n) is 31.5. The minimum absolute atomic E-state index is 0.0378. The normalized spacial score (nSPS) is 14.0. The van der Waals surface area contributed by atoms with E-state index in [1.807, 2.05) is 33.3 Å². The Labute approximate surface area is 458 Å². The van der Waals surface area contributed by atoms with Crippen molar-refractivity contribution in [3.8, 4) is 0 Å². The summed E-state index contributed by atoms with van der Waals surface area (Å²) in [7, 11) is 1.49. The highest BCUT2D eigenvalue weighted by Crippen LogP contribution is 2.43. The van der Waals surface area contributed by atoms with Crippen molar-refractivity contribution in [1.82, 2.24) is 5.32 Å². The van der Waals surface area contributed by atoms with E-state index in [0.29, 0.717) is 17.4 Å². The number of carbonyl (C=O) groups is 2. The van der Waals surface area contributed by atoms with Crippen molar-refractivity contribution in [2.75, 3.05) is 40.9 Å². The van der Waals surface area contributed by atoms with Crippen LogP contribution in [0, 0.1) is 0 Å². The summed E-state index contributed by atoms with van der Waals surface area (Å²) < 4.78 is 30.7. The number of esters is 1. The van der Waals surface area contributed by atoms with E-state index in [4.69, 9.17) is 13.8 Å². The molecule has 0 rings (SSSR count). The number of nitrogens with zero attached hydrogens (tertiary/aromatic N) is 1.